The van der Waals surface area contributed by atoms with Crippen LogP contribution in [0.5, 0.6) is 5.75 Å². The van der Waals surface area contributed by atoms with Gasteiger partial charge in [0.05, 0.1) is 69.3 Å². The van der Waals surface area contributed by atoms with Crippen molar-refractivity contribution in [1.29, 1.82) is 0 Å². The van der Waals surface area contributed by atoms with Crippen LogP contribution in [0.2, 0.25) is 0 Å². The van der Waals surface area contributed by atoms with Crippen LogP contribution in [-0.4, -0.2) is 147 Å². The molecule has 2 aliphatic heterocycles. The third kappa shape index (κ3) is 13.1. The van der Waals surface area contributed by atoms with Crippen LogP contribution in [0, 0.1) is 12.3 Å². The van der Waals surface area contributed by atoms with Crippen LogP contribution < -0.4 is 30.5 Å². The van der Waals surface area contributed by atoms with Gasteiger partial charge in [-0.2, -0.15) is 0 Å². The summed E-state index contributed by atoms with van der Waals surface area (Å²) in [5.74, 6) is -0.876. The van der Waals surface area contributed by atoms with E-state index in [0.29, 0.717) is 42.9 Å². The van der Waals surface area contributed by atoms with Gasteiger partial charge < -0.3 is 40.3 Å². The van der Waals surface area contributed by atoms with E-state index in [-0.39, 0.29) is 43.8 Å². The van der Waals surface area contributed by atoms with Gasteiger partial charge in [-0.1, -0.05) is 62.4 Å². The Hall–Kier alpha value is -7.14. The number of nitrogens with zero attached hydrogens (tertiary/aromatic N) is 9. The molecule has 2 fully saturated rings. The van der Waals surface area contributed by atoms with Gasteiger partial charge in [-0.15, -0.1) is 11.3 Å². The topological polar surface area (TPSA) is 238 Å². The predicted molar refractivity (Wildman–Crippen MR) is 279 cm³/mol. The van der Waals surface area contributed by atoms with Gasteiger partial charge in [-0.3, -0.25) is 34.0 Å². The number of hydrogen-bond acceptors (Lipinski definition) is 17. The lowest BCUT2D eigenvalue weighted by atomic mass is 9.85. The number of benzene rings is 2. The van der Waals surface area contributed by atoms with Crippen LogP contribution in [0.25, 0.3) is 31.8 Å². The van der Waals surface area contributed by atoms with Gasteiger partial charge in [0.25, 0.3) is 5.91 Å². The summed E-state index contributed by atoms with van der Waals surface area (Å²) in [6.07, 6.45) is 4.74. The third-order valence-corrected chi connectivity index (χ3v) is 14.3. The van der Waals surface area contributed by atoms with E-state index in [9.17, 15) is 29.1 Å². The fourth-order valence-electron chi connectivity index (χ4n) is 8.46. The maximum absolute atomic E-state index is 14.1. The van der Waals surface area contributed by atoms with Gasteiger partial charge in [0.15, 0.2) is 17.5 Å². The molecule has 5 amide bonds. The molecule has 384 valence electrons. The van der Waals surface area contributed by atoms with Crippen molar-refractivity contribution in [3.8, 4) is 27.3 Å². The first-order chi connectivity index (χ1) is 34.9. The largest absolute Gasteiger partial charge is 0.481 e. The smallest absolute Gasteiger partial charge is 0.414 e. The van der Waals surface area contributed by atoms with Gasteiger partial charge in [-0.05, 0) is 61.1 Å². The lowest BCUT2D eigenvalue weighted by Gasteiger charge is -2.35. The van der Waals surface area contributed by atoms with E-state index in [2.05, 4.69) is 40.9 Å². The van der Waals surface area contributed by atoms with E-state index in [4.69, 9.17) is 9.47 Å². The number of hydrogen-bond donors (Lipinski definition) is 4. The van der Waals surface area contributed by atoms with Crippen molar-refractivity contribution in [2.45, 2.75) is 78.8 Å². The van der Waals surface area contributed by atoms with Crippen LogP contribution in [-0.2, 0) is 30.5 Å². The number of aliphatic hydroxyl groups excluding tert-OH is 1. The molecule has 6 aromatic rings. The second-order valence-electron chi connectivity index (χ2n) is 19.4. The monoisotopic (exact) mass is 1030 g/mol. The van der Waals surface area contributed by atoms with Crippen LogP contribution in [0.1, 0.15) is 52.3 Å². The number of rotatable bonds is 16. The van der Waals surface area contributed by atoms with Crippen LogP contribution in [0.3, 0.4) is 0 Å². The lowest BCUT2D eigenvalue weighted by molar-refractivity contribution is -0.144. The van der Waals surface area contributed by atoms with Gasteiger partial charge in [0, 0.05) is 64.5 Å². The van der Waals surface area contributed by atoms with Crippen molar-refractivity contribution in [2.24, 2.45) is 5.41 Å². The van der Waals surface area contributed by atoms with Gasteiger partial charge >= 0.3 is 6.09 Å². The Balaban J connectivity index is 0.776. The lowest BCUT2D eigenvalue weighted by Crippen LogP contribution is -2.58. The molecule has 4 aromatic heterocycles. The number of aliphatic hydroxyl groups is 1. The highest BCUT2D eigenvalue weighted by Gasteiger charge is 2.44. The fraction of sp³-hybridized carbons (Fsp3) is 0.412. The number of likely N-dealkylation sites (tertiary alicyclic amines) is 1. The molecule has 22 heteroatoms. The number of aryl methyl sites for hydroxylation is 1. The number of carbonyl (C=O) groups excluding carboxylic acids is 5. The number of aromatic nitrogens is 5. The Bertz CT molecular complexity index is 2930. The summed E-state index contributed by atoms with van der Waals surface area (Å²) >= 11 is 2.94. The zero-order chi connectivity index (χ0) is 52.0. The number of piperazine rings is 1. The van der Waals surface area contributed by atoms with Crippen molar-refractivity contribution in [3.05, 3.63) is 90.1 Å². The molecule has 0 bridgehead atoms. The highest BCUT2D eigenvalue weighted by molar-refractivity contribution is 7.22. The van der Waals surface area contributed by atoms with Crippen molar-refractivity contribution in [2.75, 3.05) is 68.0 Å². The van der Waals surface area contributed by atoms with E-state index in [1.807, 2.05) is 86.0 Å². The molecule has 0 spiro atoms. The highest BCUT2D eigenvalue weighted by Crippen LogP contribution is 2.33. The molecule has 4 N–H and O–H groups in total. The molecule has 0 aliphatic carbocycles. The summed E-state index contributed by atoms with van der Waals surface area (Å²) in [5.41, 5.74) is 6.97. The van der Waals surface area contributed by atoms with E-state index in [1.165, 1.54) is 33.5 Å². The minimum atomic E-state index is -1.02. The molecule has 73 heavy (non-hydrogen) atoms. The van der Waals surface area contributed by atoms with Gasteiger partial charge in [0.2, 0.25) is 23.7 Å². The number of β-amino-alcohol motifs (C(OH)–C–C–N with tert-alkyl or cyclic N) is 1. The van der Waals surface area contributed by atoms with Crippen molar-refractivity contribution in [3.63, 3.8) is 0 Å². The number of carbonyl (C=O) groups is 5. The standard InChI is InChI=1S/C51H60N12O8S2/c1-30(2)71-50(69)60(7)36-18-35(22-52-23-36)34-12-13-39-41(19-34)73-49(57-39)59-42(65)27-61-14-16-62(17-15-61)48-54-24-38(25-55-48)70-28-43(66)58-45(51(4,5)6)47(68)63-26-37(64)20-40(63)46(67)53-21-32-8-10-33(11-9-32)44-31(3)56-29-72-44/h8-13,18-19,22-25,29-30,37,40,45,64H,14-17,20-21,26-28H2,1-7H3,(H,53,67)(H,58,66)(H,57,59,65)/t37-,40+,45-/m1/s1. The Kier molecular flexibility index (Phi) is 16.3. The molecule has 2 aromatic carbocycles. The SMILES string of the molecule is Cc1ncsc1-c1ccc(CNC(=O)[C@@H]2C[C@@H](O)CN2C(=O)[C@@H](NC(=O)COc2cnc(N3CCN(CC(=O)Nc4nc5ccc(-c6cncc(N(C)C(=O)OC(C)C)c6)cc5s4)CC3)nc2)C(C)(C)C)cc1. The first-order valence-electron chi connectivity index (χ1n) is 24.0. The third-order valence-electron chi connectivity index (χ3n) is 12.4. The Morgan fingerprint density at radius 2 is 1.63 bits per heavy atom. The van der Waals surface area contributed by atoms with Crippen LogP contribution in [0.4, 0.5) is 21.6 Å². The maximum atomic E-state index is 14.1. The highest BCUT2D eigenvalue weighted by atomic mass is 32.1. The molecule has 8 rings (SSSR count). The summed E-state index contributed by atoms with van der Waals surface area (Å²) in [5, 5.41) is 19.8. The molecule has 0 radical (unpaired) electrons. The van der Waals surface area contributed by atoms with Gasteiger partial charge in [0.1, 0.15) is 12.1 Å². The predicted octanol–water partition coefficient (Wildman–Crippen LogP) is 5.51. The second-order valence-corrected chi connectivity index (χ2v) is 21.3. The van der Waals surface area contributed by atoms with E-state index in [1.54, 1.807) is 50.1 Å². The van der Waals surface area contributed by atoms with E-state index >= 15 is 0 Å². The zero-order valence-electron chi connectivity index (χ0n) is 41.8. The van der Waals surface area contributed by atoms with Crippen molar-refractivity contribution >= 4 is 79.4 Å². The molecule has 6 heterocycles. The van der Waals surface area contributed by atoms with Crippen molar-refractivity contribution < 1.29 is 38.6 Å². The van der Waals surface area contributed by atoms with E-state index < -0.39 is 54.0 Å². The number of amides is 5. The normalized spacial score (nSPS) is 16.6. The fourth-order valence-corrected chi connectivity index (χ4v) is 10.2. The van der Waals surface area contributed by atoms with Crippen molar-refractivity contribution in [1.82, 2.24) is 45.4 Å². The Morgan fingerprint density at radius 3 is 2.32 bits per heavy atom. The Labute approximate surface area is 431 Å². The molecule has 0 unspecified atom stereocenters. The molecule has 2 aliphatic rings. The molecule has 3 atom stereocenters. The summed E-state index contributed by atoms with van der Waals surface area (Å²) in [6, 6.07) is 13.6. The Morgan fingerprint density at radius 1 is 0.904 bits per heavy atom. The number of thiazole rings is 2. The molecule has 0 saturated carbocycles. The average Bonchev–Trinajstić information content (AvgIpc) is 4.11. The first-order valence-corrected chi connectivity index (χ1v) is 25.7. The number of fused-ring (bicyclic) bond motifs is 1. The summed E-state index contributed by atoms with van der Waals surface area (Å²) in [4.78, 5) is 96.6. The number of nitrogens with one attached hydrogen (secondary N) is 3. The zero-order valence-corrected chi connectivity index (χ0v) is 43.5. The van der Waals surface area contributed by atoms with E-state index in [0.717, 1.165) is 43.0 Å². The van der Waals surface area contributed by atoms with Crippen LogP contribution >= 0.6 is 22.7 Å². The summed E-state index contributed by atoms with van der Waals surface area (Å²) in [6.45, 7) is 13.3. The maximum Gasteiger partial charge on any atom is 0.414 e. The van der Waals surface area contributed by atoms with Gasteiger partial charge in [-0.25, -0.2) is 24.7 Å². The minimum absolute atomic E-state index is 0.0445. The number of anilines is 3. The first kappa shape index (κ1) is 52.2. The second kappa shape index (κ2) is 22.7. The molecular formula is C51H60N12O8S2. The molecular weight excluding hydrogens is 973 g/mol. The number of ether oxygens (including phenoxy) is 2. The quantitative estimate of drug-likeness (QED) is 0.0935. The molecule has 20 nitrogen and oxygen atoms in total. The number of pyridine rings is 1. The average molecular weight is 1030 g/mol. The summed E-state index contributed by atoms with van der Waals surface area (Å²) in [7, 11) is 1.64. The summed E-state index contributed by atoms with van der Waals surface area (Å²) < 4.78 is 11.9. The minimum Gasteiger partial charge on any atom is -0.481 e. The molecule has 2 saturated heterocycles. The van der Waals surface area contributed by atoms with Crippen LogP contribution in [0.15, 0.2) is 78.8 Å².